The van der Waals surface area contributed by atoms with Crippen LogP contribution in [0.15, 0.2) is 0 Å². The molecule has 0 saturated heterocycles. The van der Waals surface area contributed by atoms with Crippen molar-refractivity contribution in [1.29, 1.82) is 0 Å². The van der Waals surface area contributed by atoms with Crippen molar-refractivity contribution in [3.05, 3.63) is 0 Å². The molecular weight excluding hydrogens is 357 g/mol. The van der Waals surface area contributed by atoms with E-state index in [1.165, 1.54) is 0 Å². The number of halogens is 7. The van der Waals surface area contributed by atoms with Gasteiger partial charge in [0, 0.05) is 12.8 Å². The van der Waals surface area contributed by atoms with Crippen LogP contribution in [0.5, 0.6) is 0 Å². The fraction of sp³-hybridized carbons (Fsp3) is 1.00. The zero-order valence-electron chi connectivity index (χ0n) is 12.1. The highest BCUT2D eigenvalue weighted by molar-refractivity contribution is 7.86. The monoisotopic (exact) mass is 375 g/mol. The third-order valence-corrected chi connectivity index (χ3v) is 4.12. The van der Waals surface area contributed by atoms with Gasteiger partial charge in [-0.15, -0.1) is 0 Å². The number of hydrogen-bond acceptors (Lipinski definition) is 3. The van der Waals surface area contributed by atoms with Crippen LogP contribution in [0.1, 0.15) is 57.8 Å². The minimum atomic E-state index is -6.46. The van der Waals surface area contributed by atoms with Crippen LogP contribution in [-0.4, -0.2) is 30.3 Å². The van der Waals surface area contributed by atoms with Gasteiger partial charge in [-0.05, 0) is 12.8 Å². The molecular formula is C12H18F7O3S-. The van der Waals surface area contributed by atoms with Crippen molar-refractivity contribution in [1.82, 2.24) is 0 Å². The fourth-order valence-corrected chi connectivity index (χ4v) is 2.35. The molecule has 0 rings (SSSR count). The number of rotatable bonds is 11. The first-order valence-corrected chi connectivity index (χ1v) is 8.39. The SMILES string of the molecule is O=S(=O)([O-])C(F)(F)C(F)(F)CCCCCCCCCC(F)(F)F. The number of unbranched alkanes of at least 4 members (excludes halogenated alkanes) is 6. The van der Waals surface area contributed by atoms with Gasteiger partial charge in [0.2, 0.25) is 0 Å². The van der Waals surface area contributed by atoms with E-state index >= 15 is 0 Å². The highest BCUT2D eigenvalue weighted by Gasteiger charge is 2.60. The van der Waals surface area contributed by atoms with Crippen LogP contribution in [0.4, 0.5) is 30.7 Å². The van der Waals surface area contributed by atoms with Crippen molar-refractivity contribution in [3.63, 3.8) is 0 Å². The molecule has 0 radical (unpaired) electrons. The maximum absolute atomic E-state index is 13.0. The van der Waals surface area contributed by atoms with Crippen molar-refractivity contribution in [2.75, 3.05) is 0 Å². The van der Waals surface area contributed by atoms with Gasteiger partial charge in [0.1, 0.15) is 0 Å². The van der Waals surface area contributed by atoms with Gasteiger partial charge in [-0.1, -0.05) is 32.1 Å². The molecule has 0 aromatic rings. The van der Waals surface area contributed by atoms with Crippen LogP contribution in [0.2, 0.25) is 0 Å². The molecule has 0 aromatic carbocycles. The summed E-state index contributed by atoms with van der Waals surface area (Å²) in [6, 6.07) is 0. The van der Waals surface area contributed by atoms with Gasteiger partial charge in [0.05, 0.1) is 0 Å². The van der Waals surface area contributed by atoms with E-state index in [0.717, 1.165) is 0 Å². The van der Waals surface area contributed by atoms with Gasteiger partial charge in [0.25, 0.3) is 0 Å². The molecule has 0 bridgehead atoms. The average molecular weight is 375 g/mol. The molecule has 0 atom stereocenters. The third-order valence-electron chi connectivity index (χ3n) is 3.19. The molecule has 0 saturated carbocycles. The van der Waals surface area contributed by atoms with Gasteiger partial charge in [0.15, 0.2) is 10.1 Å². The Morgan fingerprint density at radius 3 is 1.35 bits per heavy atom. The Balaban J connectivity index is 3.88. The molecule has 23 heavy (non-hydrogen) atoms. The Labute approximate surface area is 130 Å². The zero-order valence-corrected chi connectivity index (χ0v) is 13.0. The van der Waals surface area contributed by atoms with Crippen LogP contribution >= 0.6 is 0 Å². The van der Waals surface area contributed by atoms with Gasteiger partial charge in [-0.2, -0.15) is 30.7 Å². The van der Waals surface area contributed by atoms with Crippen LogP contribution < -0.4 is 0 Å². The minimum Gasteiger partial charge on any atom is -0.743 e. The molecule has 0 aromatic heterocycles. The van der Waals surface area contributed by atoms with E-state index in [4.69, 9.17) is 0 Å². The van der Waals surface area contributed by atoms with Crippen molar-refractivity contribution in [2.24, 2.45) is 0 Å². The predicted octanol–water partition coefficient (Wildman–Crippen LogP) is 4.83. The summed E-state index contributed by atoms with van der Waals surface area (Å²) in [4.78, 5) is 0. The first-order valence-electron chi connectivity index (χ1n) is 6.98. The Bertz CT molecular complexity index is 446. The lowest BCUT2D eigenvalue weighted by molar-refractivity contribution is -0.165. The normalized spacial score (nSPS) is 14.3. The van der Waals surface area contributed by atoms with Gasteiger partial charge in [-0.3, -0.25) is 0 Å². The number of hydrogen-bond donors (Lipinski definition) is 0. The third kappa shape index (κ3) is 8.18. The van der Waals surface area contributed by atoms with Gasteiger partial charge < -0.3 is 4.55 Å². The second-order valence-corrected chi connectivity index (χ2v) is 6.69. The second kappa shape index (κ2) is 8.50. The first kappa shape index (κ1) is 22.4. The van der Waals surface area contributed by atoms with Crippen LogP contribution in [0.3, 0.4) is 0 Å². The maximum Gasteiger partial charge on any atom is 0.396 e. The predicted molar refractivity (Wildman–Crippen MR) is 67.2 cm³/mol. The minimum absolute atomic E-state index is 0.0326. The molecule has 0 N–H and O–H groups in total. The second-order valence-electron chi connectivity index (χ2n) is 5.27. The zero-order chi connectivity index (χ0) is 18.4. The summed E-state index contributed by atoms with van der Waals surface area (Å²) in [5.41, 5.74) is 0. The molecule has 0 aliphatic heterocycles. The molecule has 3 nitrogen and oxygen atoms in total. The summed E-state index contributed by atoms with van der Waals surface area (Å²) >= 11 is 0. The summed E-state index contributed by atoms with van der Waals surface area (Å²) in [5, 5.41) is -5.66. The molecule has 0 spiro atoms. The van der Waals surface area contributed by atoms with Crippen molar-refractivity contribution < 1.29 is 43.7 Å². The highest BCUT2D eigenvalue weighted by atomic mass is 32.2. The molecule has 11 heteroatoms. The van der Waals surface area contributed by atoms with Crippen molar-refractivity contribution in [3.8, 4) is 0 Å². The molecule has 0 aliphatic carbocycles. The Morgan fingerprint density at radius 1 is 0.652 bits per heavy atom. The lowest BCUT2D eigenvalue weighted by atomic mass is 10.1. The van der Waals surface area contributed by atoms with E-state index in [-0.39, 0.29) is 12.8 Å². The first-order chi connectivity index (χ1) is 10.2. The summed E-state index contributed by atoms with van der Waals surface area (Å²) in [5.74, 6) is -4.94. The molecule has 0 amide bonds. The summed E-state index contributed by atoms with van der Waals surface area (Å²) < 4.78 is 118. The lowest BCUT2D eigenvalue weighted by Crippen LogP contribution is -2.46. The van der Waals surface area contributed by atoms with Crippen molar-refractivity contribution >= 4 is 10.1 Å². The maximum atomic E-state index is 13.0. The van der Waals surface area contributed by atoms with E-state index in [2.05, 4.69) is 0 Å². The van der Waals surface area contributed by atoms with E-state index in [0.29, 0.717) is 25.7 Å². The Kier molecular flexibility index (Phi) is 8.28. The smallest absolute Gasteiger partial charge is 0.396 e. The highest BCUT2D eigenvalue weighted by Crippen LogP contribution is 2.41. The van der Waals surface area contributed by atoms with Crippen LogP contribution in [-0.2, 0) is 10.1 Å². The number of alkyl halides is 7. The Morgan fingerprint density at radius 2 is 1.00 bits per heavy atom. The van der Waals surface area contributed by atoms with E-state index in [9.17, 15) is 43.7 Å². The van der Waals surface area contributed by atoms with Crippen LogP contribution in [0, 0.1) is 0 Å². The fourth-order valence-electron chi connectivity index (χ4n) is 1.88. The van der Waals surface area contributed by atoms with E-state index in [1.807, 2.05) is 0 Å². The molecule has 0 fully saturated rings. The standard InChI is InChI=1S/C12H19F7O3S/c13-10(14,12(18,19)23(20,21)22)8-6-4-2-1-3-5-7-9-11(15,16)17/h1-9H2,(H,20,21,22)/p-1. The van der Waals surface area contributed by atoms with Gasteiger partial charge in [-0.25, -0.2) is 8.42 Å². The average Bonchev–Trinajstić information content (AvgIpc) is 2.33. The van der Waals surface area contributed by atoms with E-state index in [1.54, 1.807) is 0 Å². The Hall–Kier alpha value is -0.580. The van der Waals surface area contributed by atoms with Crippen molar-refractivity contribution in [2.45, 2.75) is 75.1 Å². The molecule has 0 heterocycles. The largest absolute Gasteiger partial charge is 0.743 e. The lowest BCUT2D eigenvalue weighted by Gasteiger charge is -2.28. The molecule has 0 aliphatic rings. The van der Waals surface area contributed by atoms with Gasteiger partial charge >= 0.3 is 17.4 Å². The summed E-state index contributed by atoms with van der Waals surface area (Å²) in [6.45, 7) is 0. The molecule has 0 unspecified atom stereocenters. The summed E-state index contributed by atoms with van der Waals surface area (Å²) in [7, 11) is -6.46. The molecule has 140 valence electrons. The topological polar surface area (TPSA) is 57.2 Å². The van der Waals surface area contributed by atoms with E-state index < -0.39 is 46.7 Å². The quantitative estimate of drug-likeness (QED) is 0.295. The van der Waals surface area contributed by atoms with Crippen LogP contribution in [0.25, 0.3) is 0 Å². The summed E-state index contributed by atoms with van der Waals surface area (Å²) in [6.07, 6.45) is -5.33.